The van der Waals surface area contributed by atoms with Crippen LogP contribution in [0, 0.1) is 0 Å². The molecule has 146 valence electrons. The number of aromatic nitrogens is 2. The van der Waals surface area contributed by atoms with Gasteiger partial charge in [0.05, 0.1) is 10.6 Å². The lowest BCUT2D eigenvalue weighted by atomic mass is 10.1. The van der Waals surface area contributed by atoms with Crippen LogP contribution in [0.2, 0.25) is 0 Å². The first-order valence-corrected chi connectivity index (χ1v) is 9.85. The Labute approximate surface area is 159 Å². The Hall–Kier alpha value is -3.01. The van der Waals surface area contributed by atoms with Gasteiger partial charge in [0.1, 0.15) is 0 Å². The molecule has 0 saturated carbocycles. The van der Waals surface area contributed by atoms with Gasteiger partial charge >= 0.3 is 6.18 Å². The summed E-state index contributed by atoms with van der Waals surface area (Å²) in [5, 5.41) is 6.62. The molecular weight excluding hydrogens is 393 g/mol. The molecule has 1 aliphatic heterocycles. The topological polar surface area (TPSA) is 76.0 Å². The van der Waals surface area contributed by atoms with E-state index in [0.717, 1.165) is 30.3 Å². The Morgan fingerprint density at radius 2 is 1.82 bits per heavy atom. The van der Waals surface area contributed by atoms with Crippen LogP contribution in [0.4, 0.5) is 18.9 Å². The van der Waals surface area contributed by atoms with Gasteiger partial charge in [-0.25, -0.2) is 0 Å². The summed E-state index contributed by atoms with van der Waals surface area (Å²) in [6.45, 7) is 0.743. The van der Waals surface area contributed by atoms with Gasteiger partial charge in [-0.2, -0.15) is 31.2 Å². The number of halogens is 3. The molecule has 0 spiro atoms. The minimum Gasteiger partial charge on any atom is -0.384 e. The molecule has 0 radical (unpaired) electrons. The Kier molecular flexibility index (Phi) is 4.30. The van der Waals surface area contributed by atoms with Gasteiger partial charge in [-0.15, -0.1) is 5.10 Å². The quantitative estimate of drug-likeness (QED) is 0.693. The van der Waals surface area contributed by atoms with E-state index in [1.807, 2.05) is 0 Å². The van der Waals surface area contributed by atoms with E-state index in [4.69, 9.17) is 0 Å². The summed E-state index contributed by atoms with van der Waals surface area (Å²) in [6.07, 6.45) is -3.98. The zero-order chi connectivity index (χ0) is 19.9. The molecule has 10 heteroatoms. The van der Waals surface area contributed by atoms with Crippen molar-refractivity contribution in [2.75, 3.05) is 16.7 Å². The van der Waals surface area contributed by atoms with Crippen molar-refractivity contribution >= 4 is 15.7 Å². The number of nitrogens with one attached hydrogen (secondary N) is 2. The van der Waals surface area contributed by atoms with E-state index >= 15 is 0 Å². The molecule has 4 rings (SSSR count). The van der Waals surface area contributed by atoms with Crippen LogP contribution in [-0.2, 0) is 22.6 Å². The molecule has 0 aliphatic carbocycles. The maximum Gasteiger partial charge on any atom is 0.435 e. The van der Waals surface area contributed by atoms with E-state index < -0.39 is 21.9 Å². The Balaban J connectivity index is 1.79. The summed E-state index contributed by atoms with van der Waals surface area (Å²) in [5.74, 6) is 0. The molecule has 0 atom stereocenters. The molecule has 1 aromatic heterocycles. The van der Waals surface area contributed by atoms with Gasteiger partial charge in [0.2, 0.25) is 0 Å². The fourth-order valence-electron chi connectivity index (χ4n) is 3.03. The molecule has 6 nitrogen and oxygen atoms in total. The van der Waals surface area contributed by atoms with E-state index in [1.54, 1.807) is 24.3 Å². The zero-order valence-corrected chi connectivity index (χ0v) is 15.2. The molecule has 28 heavy (non-hydrogen) atoms. The molecule has 0 saturated heterocycles. The van der Waals surface area contributed by atoms with Crippen LogP contribution < -0.4 is 10.1 Å². The van der Waals surface area contributed by atoms with Gasteiger partial charge in [-0.05, 0) is 42.3 Å². The van der Waals surface area contributed by atoms with Crippen molar-refractivity contribution in [2.24, 2.45) is 0 Å². The van der Waals surface area contributed by atoms with Crippen molar-refractivity contribution in [3.05, 3.63) is 65.9 Å². The highest BCUT2D eigenvalue weighted by atomic mass is 32.2. The molecule has 2 heterocycles. The van der Waals surface area contributed by atoms with Gasteiger partial charge < -0.3 is 5.32 Å². The van der Waals surface area contributed by atoms with Crippen molar-refractivity contribution < 1.29 is 21.6 Å². The van der Waals surface area contributed by atoms with Crippen molar-refractivity contribution in [3.63, 3.8) is 0 Å². The summed E-state index contributed by atoms with van der Waals surface area (Å²) < 4.78 is 64.8. The third-order valence-corrected chi connectivity index (χ3v) is 5.68. The van der Waals surface area contributed by atoms with Gasteiger partial charge in [-0.1, -0.05) is 24.3 Å². The second kappa shape index (κ2) is 6.55. The normalized spacial score (nSPS) is 13.8. The van der Waals surface area contributed by atoms with Crippen LogP contribution in [0.5, 0.6) is 0 Å². The number of nitrogens with zero attached hydrogens (tertiary/aromatic N) is 2. The lowest BCUT2D eigenvalue weighted by Gasteiger charge is -2.12. The van der Waals surface area contributed by atoms with Crippen molar-refractivity contribution in [3.8, 4) is 11.3 Å². The minimum absolute atomic E-state index is 0.00142. The molecule has 0 bridgehead atoms. The molecule has 3 aromatic rings. The van der Waals surface area contributed by atoms with Crippen LogP contribution in [0.3, 0.4) is 0 Å². The lowest BCUT2D eigenvalue weighted by Crippen LogP contribution is -2.25. The van der Waals surface area contributed by atoms with Crippen LogP contribution in [0.15, 0.2) is 59.5 Å². The number of benzene rings is 2. The van der Waals surface area contributed by atoms with E-state index in [1.165, 1.54) is 24.3 Å². The third-order valence-electron chi connectivity index (χ3n) is 4.37. The summed E-state index contributed by atoms with van der Waals surface area (Å²) in [6, 6.07) is 13.3. The fraction of sp³-hybridized carbons (Fsp3) is 0.167. The summed E-state index contributed by atoms with van der Waals surface area (Å²) in [5.41, 5.74) is 1.11. The monoisotopic (exact) mass is 408 g/mol. The number of fused-ring (bicyclic) bond motifs is 1. The first-order valence-electron chi connectivity index (χ1n) is 8.36. The minimum atomic E-state index is -4.71. The van der Waals surface area contributed by atoms with E-state index in [9.17, 15) is 21.6 Å². The predicted octanol–water partition coefficient (Wildman–Crippen LogP) is 3.47. The van der Waals surface area contributed by atoms with Crippen molar-refractivity contribution in [1.29, 1.82) is 0 Å². The van der Waals surface area contributed by atoms with Crippen molar-refractivity contribution in [2.45, 2.75) is 17.5 Å². The fourth-order valence-corrected chi connectivity index (χ4v) is 4.01. The van der Waals surface area contributed by atoms with Gasteiger partial charge in [0, 0.05) is 17.8 Å². The highest BCUT2D eigenvalue weighted by Gasteiger charge is 2.36. The number of hydrogen-bond donors (Lipinski definition) is 2. The van der Waals surface area contributed by atoms with E-state index in [0.29, 0.717) is 10.4 Å². The predicted molar refractivity (Wildman–Crippen MR) is 97.8 cm³/mol. The maximum atomic E-state index is 13.2. The lowest BCUT2D eigenvalue weighted by molar-refractivity contribution is -0.141. The Bertz CT molecular complexity index is 1130. The number of anilines is 1. The third kappa shape index (κ3) is 3.42. The number of alkyl halides is 3. The highest BCUT2D eigenvalue weighted by Crippen LogP contribution is 2.33. The van der Waals surface area contributed by atoms with Crippen LogP contribution in [0.25, 0.3) is 11.3 Å². The molecule has 0 unspecified atom stereocenters. The second-order valence-electron chi connectivity index (χ2n) is 6.28. The summed E-state index contributed by atoms with van der Waals surface area (Å²) in [7, 11) is -4.12. The first kappa shape index (κ1) is 18.4. The zero-order valence-electron chi connectivity index (χ0n) is 14.4. The van der Waals surface area contributed by atoms with E-state index in [2.05, 4.69) is 15.2 Å². The first-order chi connectivity index (χ1) is 13.2. The van der Waals surface area contributed by atoms with Crippen molar-refractivity contribution in [1.82, 2.24) is 9.89 Å². The average molecular weight is 408 g/mol. The Morgan fingerprint density at radius 1 is 1.07 bits per heavy atom. The molecule has 0 fully saturated rings. The summed E-state index contributed by atoms with van der Waals surface area (Å²) >= 11 is 0. The van der Waals surface area contributed by atoms with Crippen LogP contribution in [-0.4, -0.2) is 24.9 Å². The smallest absolute Gasteiger partial charge is 0.384 e. The number of hydrogen-bond acceptors (Lipinski definition) is 4. The van der Waals surface area contributed by atoms with Crippen LogP contribution in [0.1, 0.15) is 11.3 Å². The van der Waals surface area contributed by atoms with Gasteiger partial charge in [0.15, 0.2) is 5.69 Å². The summed E-state index contributed by atoms with van der Waals surface area (Å²) in [4.78, 5) is 2.71. The molecule has 0 amide bonds. The standard InChI is InChI=1S/C18H15F3N4O2S/c19-18(20,21)17-11-16(13-6-7-15-12(10-13)8-9-22-15)25(23-17)24-28(26,27)14-4-2-1-3-5-14/h1-7,10-11,22,24H,8-9H2. The molecular formula is C18H15F3N4O2S. The SMILES string of the molecule is O=S(=O)(Nn1nc(C(F)(F)F)cc1-c1ccc2c(c1)CCN2)c1ccccc1. The van der Waals surface area contributed by atoms with Crippen LogP contribution >= 0.6 is 0 Å². The molecule has 2 N–H and O–H groups in total. The highest BCUT2D eigenvalue weighted by molar-refractivity contribution is 7.92. The van der Waals surface area contributed by atoms with Gasteiger partial charge in [-0.3, -0.25) is 0 Å². The number of sulfonamides is 1. The van der Waals surface area contributed by atoms with Gasteiger partial charge in [0.25, 0.3) is 10.0 Å². The molecule has 2 aromatic carbocycles. The number of rotatable bonds is 4. The second-order valence-corrected chi connectivity index (χ2v) is 7.94. The average Bonchev–Trinajstić information content (AvgIpc) is 3.28. The Morgan fingerprint density at radius 3 is 2.54 bits per heavy atom. The largest absolute Gasteiger partial charge is 0.435 e. The van der Waals surface area contributed by atoms with E-state index in [-0.39, 0.29) is 10.6 Å². The maximum absolute atomic E-state index is 13.2. The molecule has 1 aliphatic rings.